The number of nitrogens with one attached hydrogen (secondary N) is 2. The van der Waals surface area contributed by atoms with Crippen LogP contribution in [0.15, 0.2) is 24.3 Å². The van der Waals surface area contributed by atoms with Gasteiger partial charge in [-0.05, 0) is 49.1 Å². The molecule has 2 N–H and O–H groups in total. The highest BCUT2D eigenvalue weighted by Crippen LogP contribution is 2.42. The first-order valence-electron chi connectivity index (χ1n) is 9.56. The summed E-state index contributed by atoms with van der Waals surface area (Å²) in [5.74, 6) is -0.458. The highest BCUT2D eigenvalue weighted by molar-refractivity contribution is 6.09. The molecule has 1 aromatic carbocycles. The molecule has 146 valence electrons. The lowest BCUT2D eigenvalue weighted by Crippen LogP contribution is -2.47. The summed E-state index contributed by atoms with van der Waals surface area (Å²) in [5, 5.41) is 5.64. The summed E-state index contributed by atoms with van der Waals surface area (Å²) in [6.07, 6.45) is 1.87. The maximum Gasteiger partial charge on any atom is 0.325 e. The van der Waals surface area contributed by atoms with Gasteiger partial charge in [0.05, 0.1) is 6.04 Å². The van der Waals surface area contributed by atoms with Crippen molar-refractivity contribution in [3.8, 4) is 0 Å². The van der Waals surface area contributed by atoms with E-state index < -0.39 is 11.6 Å². The van der Waals surface area contributed by atoms with E-state index >= 15 is 0 Å². The smallest absolute Gasteiger partial charge is 0.325 e. The number of imide groups is 1. The van der Waals surface area contributed by atoms with Gasteiger partial charge in [-0.25, -0.2) is 4.79 Å². The van der Waals surface area contributed by atoms with Crippen LogP contribution in [0.2, 0.25) is 0 Å². The molecule has 6 heteroatoms. The molecule has 1 saturated heterocycles. The fourth-order valence-electron chi connectivity index (χ4n) is 3.58. The first kappa shape index (κ1) is 19.4. The maximum atomic E-state index is 12.6. The van der Waals surface area contributed by atoms with Crippen LogP contribution in [0.5, 0.6) is 0 Å². The average molecular weight is 371 g/mol. The van der Waals surface area contributed by atoms with Crippen LogP contribution in [0.4, 0.5) is 4.79 Å². The maximum absolute atomic E-state index is 12.6. The highest BCUT2D eigenvalue weighted by Gasteiger charge is 2.56. The molecule has 0 radical (unpaired) electrons. The second-order valence-corrected chi connectivity index (χ2v) is 8.96. The molecule has 1 aliphatic carbocycles. The van der Waals surface area contributed by atoms with Gasteiger partial charge in [-0.1, -0.05) is 45.0 Å². The zero-order valence-corrected chi connectivity index (χ0v) is 16.8. The lowest BCUT2D eigenvalue weighted by molar-refractivity contribution is -0.135. The number of carbonyl (C=O) groups excluding carboxylic acids is 3. The minimum atomic E-state index is -0.855. The Kier molecular flexibility index (Phi) is 4.78. The summed E-state index contributed by atoms with van der Waals surface area (Å²) in [5.41, 5.74) is 1.42. The van der Waals surface area contributed by atoms with Crippen molar-refractivity contribution in [3.63, 3.8) is 0 Å². The molecule has 27 heavy (non-hydrogen) atoms. The Morgan fingerprint density at radius 3 is 2.37 bits per heavy atom. The second kappa shape index (κ2) is 6.66. The van der Waals surface area contributed by atoms with Crippen molar-refractivity contribution in [3.05, 3.63) is 35.4 Å². The molecular formula is C21H29N3O3. The van der Waals surface area contributed by atoms with Crippen LogP contribution in [0.3, 0.4) is 0 Å². The van der Waals surface area contributed by atoms with Gasteiger partial charge in [-0.15, -0.1) is 0 Å². The van der Waals surface area contributed by atoms with Gasteiger partial charge in [-0.2, -0.15) is 0 Å². The fourth-order valence-corrected chi connectivity index (χ4v) is 3.58. The molecule has 3 rings (SSSR count). The molecule has 0 bridgehead atoms. The molecule has 0 aromatic heterocycles. The van der Waals surface area contributed by atoms with Crippen LogP contribution in [-0.2, 0) is 15.0 Å². The molecule has 4 amide bonds. The van der Waals surface area contributed by atoms with Crippen molar-refractivity contribution < 1.29 is 14.4 Å². The summed E-state index contributed by atoms with van der Waals surface area (Å²) < 4.78 is 0. The molecule has 1 heterocycles. The third kappa shape index (κ3) is 3.84. The highest BCUT2D eigenvalue weighted by atomic mass is 16.2. The molecule has 2 fully saturated rings. The Bertz CT molecular complexity index is 762. The SMILES string of the molecule is CC(NC(=O)CN1C(=O)NC(C)(C2CC2)C1=O)c1ccc(C(C)(C)C)cc1. The lowest BCUT2D eigenvalue weighted by atomic mass is 9.86. The predicted molar refractivity (Wildman–Crippen MR) is 103 cm³/mol. The first-order valence-corrected chi connectivity index (χ1v) is 9.56. The van der Waals surface area contributed by atoms with Crippen molar-refractivity contribution in [1.29, 1.82) is 0 Å². The number of nitrogens with zero attached hydrogens (tertiary/aromatic N) is 1. The molecule has 1 saturated carbocycles. The van der Waals surface area contributed by atoms with Crippen molar-refractivity contribution in [1.82, 2.24) is 15.5 Å². The van der Waals surface area contributed by atoms with E-state index in [9.17, 15) is 14.4 Å². The van der Waals surface area contributed by atoms with E-state index in [0.29, 0.717) is 0 Å². The third-order valence-corrected chi connectivity index (χ3v) is 5.65. The van der Waals surface area contributed by atoms with Crippen LogP contribution in [-0.4, -0.2) is 34.8 Å². The van der Waals surface area contributed by atoms with Gasteiger partial charge in [0.1, 0.15) is 12.1 Å². The zero-order valence-electron chi connectivity index (χ0n) is 16.8. The van der Waals surface area contributed by atoms with E-state index in [-0.39, 0.29) is 35.7 Å². The van der Waals surface area contributed by atoms with Crippen LogP contribution >= 0.6 is 0 Å². The Balaban J connectivity index is 1.60. The number of benzene rings is 1. The minimum Gasteiger partial charge on any atom is -0.348 e. The van der Waals surface area contributed by atoms with Crippen LogP contribution < -0.4 is 10.6 Å². The number of hydrogen-bond donors (Lipinski definition) is 2. The summed E-state index contributed by atoms with van der Waals surface area (Å²) in [6, 6.07) is 7.45. The van der Waals surface area contributed by atoms with Gasteiger partial charge in [0.25, 0.3) is 5.91 Å². The largest absolute Gasteiger partial charge is 0.348 e. The van der Waals surface area contributed by atoms with Crippen molar-refractivity contribution in [2.75, 3.05) is 6.54 Å². The van der Waals surface area contributed by atoms with Crippen molar-refractivity contribution >= 4 is 17.8 Å². The van der Waals surface area contributed by atoms with Crippen molar-refractivity contribution in [2.45, 2.75) is 64.5 Å². The normalized spacial score (nSPS) is 24.0. The second-order valence-electron chi connectivity index (χ2n) is 8.96. The number of rotatable bonds is 5. The van der Waals surface area contributed by atoms with E-state index in [0.717, 1.165) is 23.3 Å². The van der Waals surface area contributed by atoms with Gasteiger partial charge < -0.3 is 10.6 Å². The van der Waals surface area contributed by atoms with Gasteiger partial charge in [0.15, 0.2) is 0 Å². The molecular weight excluding hydrogens is 342 g/mol. The Morgan fingerprint density at radius 2 is 1.85 bits per heavy atom. The van der Waals surface area contributed by atoms with Gasteiger partial charge in [0, 0.05) is 0 Å². The summed E-state index contributed by atoms with van der Waals surface area (Å²) in [6.45, 7) is 9.85. The fraction of sp³-hybridized carbons (Fsp3) is 0.571. The molecule has 0 spiro atoms. The summed E-state index contributed by atoms with van der Waals surface area (Å²) in [4.78, 5) is 38.2. The van der Waals surface area contributed by atoms with E-state index in [4.69, 9.17) is 0 Å². The van der Waals surface area contributed by atoms with Gasteiger partial charge in [0.2, 0.25) is 5.91 Å². The third-order valence-electron chi connectivity index (χ3n) is 5.65. The number of urea groups is 1. The van der Waals surface area contributed by atoms with E-state index in [2.05, 4.69) is 43.5 Å². The molecule has 2 unspecified atom stereocenters. The van der Waals surface area contributed by atoms with Gasteiger partial charge >= 0.3 is 6.03 Å². The number of amides is 4. The quantitative estimate of drug-likeness (QED) is 0.781. The van der Waals surface area contributed by atoms with Gasteiger partial charge in [-0.3, -0.25) is 14.5 Å². The molecule has 2 aliphatic rings. The molecule has 1 aromatic rings. The van der Waals surface area contributed by atoms with Crippen LogP contribution in [0.25, 0.3) is 0 Å². The molecule has 2 atom stereocenters. The monoisotopic (exact) mass is 371 g/mol. The predicted octanol–water partition coefficient (Wildman–Crippen LogP) is 2.88. The molecule has 6 nitrogen and oxygen atoms in total. The molecule has 1 aliphatic heterocycles. The van der Waals surface area contributed by atoms with E-state index in [1.807, 2.05) is 19.1 Å². The number of carbonyl (C=O) groups is 3. The summed E-state index contributed by atoms with van der Waals surface area (Å²) in [7, 11) is 0. The van der Waals surface area contributed by atoms with E-state index in [1.54, 1.807) is 6.92 Å². The Hall–Kier alpha value is -2.37. The Labute approximate surface area is 160 Å². The average Bonchev–Trinajstić information content (AvgIpc) is 3.40. The zero-order chi connectivity index (χ0) is 20.0. The lowest BCUT2D eigenvalue weighted by Gasteiger charge is -2.22. The van der Waals surface area contributed by atoms with Crippen LogP contribution in [0.1, 0.15) is 64.6 Å². The minimum absolute atomic E-state index is 0.0721. The first-order chi connectivity index (χ1) is 12.5. The van der Waals surface area contributed by atoms with Crippen LogP contribution in [0, 0.1) is 5.92 Å². The van der Waals surface area contributed by atoms with E-state index in [1.165, 1.54) is 5.56 Å². The summed E-state index contributed by atoms with van der Waals surface area (Å²) >= 11 is 0. The number of hydrogen-bond acceptors (Lipinski definition) is 3. The Morgan fingerprint density at radius 1 is 1.26 bits per heavy atom. The topological polar surface area (TPSA) is 78.5 Å². The van der Waals surface area contributed by atoms with Crippen molar-refractivity contribution in [2.24, 2.45) is 5.92 Å². The standard InChI is InChI=1S/C21H29N3O3/c1-13(14-6-8-15(9-7-14)20(2,3)4)22-17(25)12-24-18(26)21(5,16-10-11-16)23-19(24)27/h6-9,13,16H,10-12H2,1-5H3,(H,22,25)(H,23,27).